The van der Waals surface area contributed by atoms with Crippen LogP contribution >= 0.6 is 0 Å². The normalized spacial score (nSPS) is 19.0. The summed E-state index contributed by atoms with van der Waals surface area (Å²) in [5.74, 6) is -0.900. The molecule has 1 aliphatic rings. The molecule has 0 unspecified atom stereocenters. The first-order valence-electron chi connectivity index (χ1n) is 9.03. The maximum atomic E-state index is 14.2. The van der Waals surface area contributed by atoms with E-state index in [4.69, 9.17) is 5.73 Å². The summed E-state index contributed by atoms with van der Waals surface area (Å²) in [7, 11) is 0. The van der Waals surface area contributed by atoms with Gasteiger partial charge in [0, 0.05) is 11.5 Å². The van der Waals surface area contributed by atoms with Crippen molar-refractivity contribution in [2.24, 2.45) is 11.7 Å². The molecule has 1 saturated carbocycles. The van der Waals surface area contributed by atoms with E-state index in [1.54, 1.807) is 12.1 Å². The minimum absolute atomic E-state index is 0.202. The molecule has 0 atom stereocenters. The summed E-state index contributed by atoms with van der Waals surface area (Å²) in [5.41, 5.74) is 8.40. The molecule has 4 rings (SSSR count). The molecule has 3 aromatic rings. The highest BCUT2D eigenvalue weighted by Crippen LogP contribution is 2.47. The number of aromatic nitrogens is 1. The summed E-state index contributed by atoms with van der Waals surface area (Å²) < 4.78 is 41.2. The average molecular weight is 360 g/mol. The van der Waals surface area contributed by atoms with Crippen molar-refractivity contribution in [2.45, 2.75) is 32.6 Å². The molecule has 26 heavy (non-hydrogen) atoms. The highest BCUT2D eigenvalue weighted by molar-refractivity contribution is 5.92. The van der Waals surface area contributed by atoms with Crippen LogP contribution in [0.15, 0.2) is 36.4 Å². The number of halogens is 3. The Labute approximate surface area is 151 Å². The number of benzene rings is 2. The number of nitrogens with two attached hydrogens (primary N) is 1. The van der Waals surface area contributed by atoms with Gasteiger partial charge in [-0.3, -0.25) is 0 Å². The summed E-state index contributed by atoms with van der Waals surface area (Å²) in [6, 6.07) is 8.28. The van der Waals surface area contributed by atoms with E-state index in [9.17, 15) is 13.2 Å². The molecule has 2 aromatic carbocycles. The van der Waals surface area contributed by atoms with Crippen molar-refractivity contribution < 1.29 is 13.2 Å². The lowest BCUT2D eigenvalue weighted by molar-refractivity contribution is 0.274. The Morgan fingerprint density at radius 2 is 1.65 bits per heavy atom. The van der Waals surface area contributed by atoms with Crippen LogP contribution < -0.4 is 5.73 Å². The molecule has 5 heteroatoms. The Balaban J connectivity index is 0.000000948. The Morgan fingerprint density at radius 1 is 1.00 bits per heavy atom. The smallest absolute Gasteiger partial charge is 0.150 e. The van der Waals surface area contributed by atoms with Gasteiger partial charge in [-0.2, -0.15) is 0 Å². The van der Waals surface area contributed by atoms with Crippen LogP contribution in [0.1, 0.15) is 38.2 Å². The van der Waals surface area contributed by atoms with Crippen LogP contribution in [0.2, 0.25) is 0 Å². The minimum Gasteiger partial charge on any atom is -0.352 e. The number of fused-ring (bicyclic) bond motifs is 1. The van der Waals surface area contributed by atoms with Gasteiger partial charge < -0.3 is 10.7 Å². The van der Waals surface area contributed by atoms with E-state index in [0.29, 0.717) is 23.4 Å². The second kappa shape index (κ2) is 7.54. The molecule has 0 spiro atoms. The van der Waals surface area contributed by atoms with Crippen LogP contribution in [0.3, 0.4) is 0 Å². The highest BCUT2D eigenvalue weighted by atomic mass is 19.1. The minimum atomic E-state index is -0.616. The fourth-order valence-corrected chi connectivity index (χ4v) is 3.67. The Kier molecular flexibility index (Phi) is 5.37. The molecule has 3 N–H and O–H groups in total. The SMILES string of the molecule is CC.NCC1CC(c2c(-c3ccc(F)cc3)[nH]c3c(F)cc(F)cc23)C1. The second-order valence-corrected chi connectivity index (χ2v) is 6.50. The second-order valence-electron chi connectivity index (χ2n) is 6.50. The fourth-order valence-electron chi connectivity index (χ4n) is 3.67. The number of nitrogens with one attached hydrogen (secondary N) is 1. The first-order chi connectivity index (χ1) is 12.6. The van der Waals surface area contributed by atoms with E-state index in [1.807, 2.05) is 13.8 Å². The van der Waals surface area contributed by atoms with Crippen molar-refractivity contribution in [1.29, 1.82) is 0 Å². The summed E-state index contributed by atoms with van der Waals surface area (Å²) in [4.78, 5) is 3.08. The van der Waals surface area contributed by atoms with Crippen molar-refractivity contribution in [1.82, 2.24) is 4.98 Å². The van der Waals surface area contributed by atoms with Gasteiger partial charge in [0.2, 0.25) is 0 Å². The zero-order valence-corrected chi connectivity index (χ0v) is 15.0. The van der Waals surface area contributed by atoms with E-state index < -0.39 is 11.6 Å². The van der Waals surface area contributed by atoms with Gasteiger partial charge in [-0.15, -0.1) is 0 Å². The topological polar surface area (TPSA) is 41.8 Å². The molecule has 1 aliphatic carbocycles. The molecule has 0 bridgehead atoms. The molecule has 1 fully saturated rings. The number of hydrogen-bond donors (Lipinski definition) is 2. The Bertz CT molecular complexity index is 894. The predicted molar refractivity (Wildman–Crippen MR) is 99.5 cm³/mol. The van der Waals surface area contributed by atoms with E-state index >= 15 is 0 Å². The number of aromatic amines is 1. The van der Waals surface area contributed by atoms with E-state index in [1.165, 1.54) is 18.2 Å². The molecule has 2 nitrogen and oxygen atoms in total. The van der Waals surface area contributed by atoms with E-state index in [0.717, 1.165) is 35.7 Å². The molecule has 1 aromatic heterocycles. The summed E-state index contributed by atoms with van der Waals surface area (Å²) in [6.07, 6.45) is 1.80. The van der Waals surface area contributed by atoms with Crippen LogP contribution in [0.25, 0.3) is 22.2 Å². The Hall–Kier alpha value is -2.27. The van der Waals surface area contributed by atoms with Gasteiger partial charge in [0.1, 0.15) is 17.5 Å². The molecule has 0 aliphatic heterocycles. The molecule has 0 radical (unpaired) electrons. The number of H-pyrrole nitrogens is 1. The lowest BCUT2D eigenvalue weighted by Gasteiger charge is -2.35. The average Bonchev–Trinajstić information content (AvgIpc) is 2.96. The first-order valence-corrected chi connectivity index (χ1v) is 9.03. The lowest BCUT2D eigenvalue weighted by Crippen LogP contribution is -2.28. The van der Waals surface area contributed by atoms with Crippen molar-refractivity contribution in [3.05, 3.63) is 59.4 Å². The number of hydrogen-bond acceptors (Lipinski definition) is 1. The van der Waals surface area contributed by atoms with Crippen molar-refractivity contribution in [3.63, 3.8) is 0 Å². The molecule has 138 valence electrons. The predicted octanol–water partition coefficient (Wildman–Crippen LogP) is 5.73. The number of rotatable bonds is 3. The molecule has 1 heterocycles. The summed E-state index contributed by atoms with van der Waals surface area (Å²) >= 11 is 0. The van der Waals surface area contributed by atoms with Gasteiger partial charge in [0.05, 0.1) is 11.2 Å². The lowest BCUT2D eigenvalue weighted by atomic mass is 9.70. The Morgan fingerprint density at radius 3 is 2.27 bits per heavy atom. The van der Waals surface area contributed by atoms with Crippen LogP contribution in [-0.4, -0.2) is 11.5 Å². The molecular formula is C21H23F3N2. The molecule has 0 saturated heterocycles. The summed E-state index contributed by atoms with van der Waals surface area (Å²) in [6.45, 7) is 4.62. The van der Waals surface area contributed by atoms with Crippen LogP contribution in [0, 0.1) is 23.4 Å². The maximum Gasteiger partial charge on any atom is 0.150 e. The standard InChI is InChI=1S/C19H17F3N2.C2H6/c20-13-3-1-11(2-4-13)18-17(12-5-10(6-12)9-23)15-7-14(21)8-16(22)19(15)24-18;1-2/h1-4,7-8,10,12,24H,5-6,9,23H2;1-2H3. The highest BCUT2D eigenvalue weighted by Gasteiger charge is 2.33. The maximum absolute atomic E-state index is 14.2. The van der Waals surface area contributed by atoms with Gasteiger partial charge in [-0.25, -0.2) is 13.2 Å². The third-order valence-electron chi connectivity index (χ3n) is 4.97. The van der Waals surface area contributed by atoms with Crippen LogP contribution in [0.5, 0.6) is 0 Å². The van der Waals surface area contributed by atoms with Crippen LogP contribution in [-0.2, 0) is 0 Å². The van der Waals surface area contributed by atoms with Gasteiger partial charge in [0.25, 0.3) is 0 Å². The summed E-state index contributed by atoms with van der Waals surface area (Å²) in [5, 5.41) is 0.562. The van der Waals surface area contributed by atoms with Crippen molar-refractivity contribution >= 4 is 10.9 Å². The quantitative estimate of drug-likeness (QED) is 0.615. The molecular weight excluding hydrogens is 337 g/mol. The zero-order chi connectivity index (χ0) is 18.8. The van der Waals surface area contributed by atoms with E-state index in [-0.39, 0.29) is 11.7 Å². The zero-order valence-electron chi connectivity index (χ0n) is 15.0. The largest absolute Gasteiger partial charge is 0.352 e. The van der Waals surface area contributed by atoms with Crippen molar-refractivity contribution in [2.75, 3.05) is 6.54 Å². The van der Waals surface area contributed by atoms with Crippen molar-refractivity contribution in [3.8, 4) is 11.3 Å². The van der Waals surface area contributed by atoms with Crippen LogP contribution in [0.4, 0.5) is 13.2 Å². The monoisotopic (exact) mass is 360 g/mol. The third kappa shape index (κ3) is 3.23. The van der Waals surface area contributed by atoms with Gasteiger partial charge in [-0.05, 0) is 72.7 Å². The fraction of sp³-hybridized carbons (Fsp3) is 0.333. The molecule has 0 amide bonds. The first kappa shape index (κ1) is 18.5. The van der Waals surface area contributed by atoms with E-state index in [2.05, 4.69) is 4.98 Å². The third-order valence-corrected chi connectivity index (χ3v) is 4.97. The van der Waals surface area contributed by atoms with Gasteiger partial charge in [-0.1, -0.05) is 13.8 Å². The van der Waals surface area contributed by atoms with Gasteiger partial charge in [0.15, 0.2) is 0 Å². The van der Waals surface area contributed by atoms with Gasteiger partial charge >= 0.3 is 0 Å².